The van der Waals surface area contributed by atoms with Crippen molar-refractivity contribution in [2.45, 2.75) is 26.2 Å². The number of fused-ring (bicyclic) bond motifs is 1. The molecule has 0 fully saturated rings. The molecule has 0 aliphatic heterocycles. The zero-order chi connectivity index (χ0) is 12.3. The Bertz CT molecular complexity index is 551. The second-order valence-corrected chi connectivity index (χ2v) is 4.63. The highest BCUT2D eigenvalue weighted by Gasteiger charge is 2.05. The van der Waals surface area contributed by atoms with E-state index in [2.05, 4.69) is 4.98 Å². The molecular weight excluding hydrogens is 234 g/mol. The Morgan fingerprint density at radius 3 is 3.00 bits per heavy atom. The van der Waals surface area contributed by atoms with Gasteiger partial charge in [-0.15, -0.1) is 0 Å². The van der Waals surface area contributed by atoms with E-state index >= 15 is 0 Å². The second-order valence-electron chi connectivity index (χ2n) is 4.20. The fraction of sp³-hybridized carbons (Fsp3) is 0.286. The molecule has 1 aromatic carbocycles. The zero-order valence-corrected chi connectivity index (χ0v) is 10.5. The van der Waals surface area contributed by atoms with Crippen molar-refractivity contribution in [3.05, 3.63) is 41.0 Å². The smallest absolute Gasteiger partial charge is 0.129 e. The number of benzene rings is 1. The quantitative estimate of drug-likeness (QED) is 0.823. The molecule has 88 valence electrons. The number of hydrogen-bond donors (Lipinski definition) is 0. The number of pyridine rings is 1. The van der Waals surface area contributed by atoms with Crippen LogP contribution in [0.4, 0.5) is 0 Å². The molecule has 2 rings (SSSR count). The Morgan fingerprint density at radius 2 is 2.24 bits per heavy atom. The van der Waals surface area contributed by atoms with Crippen LogP contribution in [0.1, 0.15) is 25.3 Å². The summed E-state index contributed by atoms with van der Waals surface area (Å²) in [4.78, 5) is 15.3. The lowest BCUT2D eigenvalue weighted by atomic mass is 10.0. The summed E-state index contributed by atoms with van der Waals surface area (Å²) >= 11 is 6.07. The molecule has 0 unspecified atom stereocenters. The fourth-order valence-electron chi connectivity index (χ4n) is 1.95. The Labute approximate surface area is 106 Å². The molecule has 0 spiro atoms. The van der Waals surface area contributed by atoms with Gasteiger partial charge in [0.2, 0.25) is 0 Å². The van der Waals surface area contributed by atoms with Gasteiger partial charge in [-0.05, 0) is 43.5 Å². The van der Waals surface area contributed by atoms with E-state index in [4.69, 9.17) is 11.6 Å². The number of nitrogens with zero attached hydrogens (tertiary/aromatic N) is 1. The van der Waals surface area contributed by atoms with Crippen molar-refractivity contribution >= 4 is 28.3 Å². The molecule has 1 heterocycles. The van der Waals surface area contributed by atoms with E-state index in [0.29, 0.717) is 6.42 Å². The topological polar surface area (TPSA) is 30.0 Å². The van der Waals surface area contributed by atoms with Crippen LogP contribution in [-0.4, -0.2) is 10.8 Å². The third-order valence-electron chi connectivity index (χ3n) is 2.72. The predicted molar refractivity (Wildman–Crippen MR) is 70.4 cm³/mol. The average molecular weight is 248 g/mol. The molecule has 0 saturated carbocycles. The molecule has 0 bridgehead atoms. The molecule has 1 aromatic heterocycles. The minimum absolute atomic E-state index is 0.226. The van der Waals surface area contributed by atoms with Crippen LogP contribution in [-0.2, 0) is 11.2 Å². The Morgan fingerprint density at radius 1 is 1.41 bits per heavy atom. The predicted octanol–water partition coefficient (Wildman–Crippen LogP) is 3.80. The first-order valence-corrected chi connectivity index (χ1v) is 6.07. The Balaban J connectivity index is 2.29. The maximum Gasteiger partial charge on any atom is 0.129 e. The molecule has 0 atom stereocenters. The third kappa shape index (κ3) is 3.04. The minimum atomic E-state index is 0.226. The SMILES string of the molecule is CC(=O)CCCc1cc(Cl)cc2cccnc12. The van der Waals surface area contributed by atoms with Crippen LogP contribution in [0, 0.1) is 0 Å². The molecule has 0 aliphatic carbocycles. The number of aromatic nitrogens is 1. The Hall–Kier alpha value is -1.41. The minimum Gasteiger partial charge on any atom is -0.300 e. The molecule has 2 aromatic rings. The van der Waals surface area contributed by atoms with Gasteiger partial charge in [0.15, 0.2) is 0 Å². The molecular formula is C14H14ClNO. The first-order valence-electron chi connectivity index (χ1n) is 5.69. The van der Waals surface area contributed by atoms with Gasteiger partial charge in [-0.3, -0.25) is 4.98 Å². The molecule has 0 N–H and O–H groups in total. The standard InChI is InChI=1S/C14H14ClNO/c1-10(17)4-2-5-11-8-13(15)9-12-6-3-7-16-14(11)12/h3,6-9H,2,4-5H2,1H3. The largest absolute Gasteiger partial charge is 0.300 e. The van der Waals surface area contributed by atoms with Crippen molar-refractivity contribution in [1.82, 2.24) is 4.98 Å². The number of hydrogen-bond acceptors (Lipinski definition) is 2. The summed E-state index contributed by atoms with van der Waals surface area (Å²) in [5.41, 5.74) is 2.11. The molecule has 0 radical (unpaired) electrons. The van der Waals surface area contributed by atoms with Gasteiger partial charge in [0.05, 0.1) is 5.52 Å². The summed E-state index contributed by atoms with van der Waals surface area (Å²) in [6.45, 7) is 1.62. The number of ketones is 1. The molecule has 3 heteroatoms. The van der Waals surface area contributed by atoms with Gasteiger partial charge in [-0.2, -0.15) is 0 Å². The maximum absolute atomic E-state index is 10.9. The lowest BCUT2D eigenvalue weighted by Gasteiger charge is -2.06. The number of carbonyl (C=O) groups excluding carboxylic acids is 1. The van der Waals surface area contributed by atoms with E-state index in [9.17, 15) is 4.79 Å². The van der Waals surface area contributed by atoms with Crippen molar-refractivity contribution in [1.29, 1.82) is 0 Å². The second kappa shape index (κ2) is 5.28. The summed E-state index contributed by atoms with van der Waals surface area (Å²) in [6, 6.07) is 7.76. The van der Waals surface area contributed by atoms with Gasteiger partial charge < -0.3 is 4.79 Å². The van der Waals surface area contributed by atoms with E-state index < -0.39 is 0 Å². The van der Waals surface area contributed by atoms with Crippen LogP contribution >= 0.6 is 11.6 Å². The summed E-state index contributed by atoms with van der Waals surface area (Å²) in [7, 11) is 0. The van der Waals surface area contributed by atoms with E-state index in [0.717, 1.165) is 34.3 Å². The van der Waals surface area contributed by atoms with Crippen LogP contribution in [0.5, 0.6) is 0 Å². The number of halogens is 1. The molecule has 2 nitrogen and oxygen atoms in total. The van der Waals surface area contributed by atoms with Gasteiger partial charge in [0, 0.05) is 23.0 Å². The van der Waals surface area contributed by atoms with Crippen molar-refractivity contribution in [2.75, 3.05) is 0 Å². The van der Waals surface area contributed by atoms with E-state index in [1.54, 1.807) is 13.1 Å². The van der Waals surface area contributed by atoms with Crippen molar-refractivity contribution in [2.24, 2.45) is 0 Å². The Kier molecular flexibility index (Phi) is 3.75. The van der Waals surface area contributed by atoms with Gasteiger partial charge in [0.1, 0.15) is 5.78 Å². The number of Topliss-reactive ketones (excluding diaryl/α,β-unsaturated/α-hetero) is 1. The van der Waals surface area contributed by atoms with E-state index in [1.807, 2.05) is 24.3 Å². The highest BCUT2D eigenvalue weighted by Crippen LogP contribution is 2.23. The van der Waals surface area contributed by atoms with Gasteiger partial charge in [-0.1, -0.05) is 17.7 Å². The third-order valence-corrected chi connectivity index (χ3v) is 2.94. The summed E-state index contributed by atoms with van der Waals surface area (Å²) in [5, 5.41) is 1.78. The molecule has 0 aliphatic rings. The fourth-order valence-corrected chi connectivity index (χ4v) is 2.20. The lowest BCUT2D eigenvalue weighted by Crippen LogP contribution is -1.94. The van der Waals surface area contributed by atoms with Gasteiger partial charge >= 0.3 is 0 Å². The van der Waals surface area contributed by atoms with Crippen LogP contribution in [0.2, 0.25) is 5.02 Å². The van der Waals surface area contributed by atoms with Crippen LogP contribution in [0.3, 0.4) is 0 Å². The van der Waals surface area contributed by atoms with Crippen LogP contribution in [0.15, 0.2) is 30.5 Å². The maximum atomic E-state index is 10.9. The lowest BCUT2D eigenvalue weighted by molar-refractivity contribution is -0.117. The van der Waals surface area contributed by atoms with Crippen molar-refractivity contribution in [3.63, 3.8) is 0 Å². The number of aryl methyl sites for hydroxylation is 1. The van der Waals surface area contributed by atoms with Gasteiger partial charge in [-0.25, -0.2) is 0 Å². The van der Waals surface area contributed by atoms with Crippen LogP contribution < -0.4 is 0 Å². The average Bonchev–Trinajstić information content (AvgIpc) is 2.28. The monoisotopic (exact) mass is 247 g/mol. The molecule has 17 heavy (non-hydrogen) atoms. The normalized spacial score (nSPS) is 10.7. The van der Waals surface area contributed by atoms with Crippen LogP contribution in [0.25, 0.3) is 10.9 Å². The first-order chi connectivity index (χ1) is 8.16. The highest BCUT2D eigenvalue weighted by atomic mass is 35.5. The van der Waals surface area contributed by atoms with E-state index in [-0.39, 0.29) is 5.78 Å². The van der Waals surface area contributed by atoms with Gasteiger partial charge in [0.25, 0.3) is 0 Å². The first kappa shape index (κ1) is 12.1. The number of rotatable bonds is 4. The van der Waals surface area contributed by atoms with Crippen molar-refractivity contribution < 1.29 is 4.79 Å². The molecule has 0 amide bonds. The highest BCUT2D eigenvalue weighted by molar-refractivity contribution is 6.31. The summed E-state index contributed by atoms with van der Waals surface area (Å²) < 4.78 is 0. The van der Waals surface area contributed by atoms with Crippen molar-refractivity contribution in [3.8, 4) is 0 Å². The van der Waals surface area contributed by atoms with E-state index in [1.165, 1.54) is 0 Å². The molecule has 0 saturated heterocycles. The number of carbonyl (C=O) groups is 1. The summed E-state index contributed by atoms with van der Waals surface area (Å²) in [6.07, 6.45) is 4.08. The summed E-state index contributed by atoms with van der Waals surface area (Å²) in [5.74, 6) is 0.226. The zero-order valence-electron chi connectivity index (χ0n) is 9.74.